The molecule has 0 radical (unpaired) electrons. The predicted octanol–water partition coefficient (Wildman–Crippen LogP) is 2.88. The van der Waals surface area contributed by atoms with Crippen molar-refractivity contribution < 1.29 is 13.7 Å². The van der Waals surface area contributed by atoms with Crippen LogP contribution < -0.4 is 5.32 Å². The Balaban J connectivity index is 1.82. The monoisotopic (exact) mass is 297 g/mol. The molecular formula is C16H15N3O3. The van der Waals surface area contributed by atoms with Crippen molar-refractivity contribution >= 4 is 5.91 Å². The van der Waals surface area contributed by atoms with Crippen molar-refractivity contribution in [1.82, 2.24) is 15.5 Å². The number of aromatic nitrogens is 2. The Morgan fingerprint density at radius 3 is 2.64 bits per heavy atom. The smallest absolute Gasteiger partial charge is 0.257 e. The van der Waals surface area contributed by atoms with E-state index < -0.39 is 0 Å². The van der Waals surface area contributed by atoms with Crippen molar-refractivity contribution in [3.63, 3.8) is 0 Å². The van der Waals surface area contributed by atoms with Crippen LogP contribution in [0.3, 0.4) is 0 Å². The number of aryl methyl sites for hydroxylation is 2. The van der Waals surface area contributed by atoms with Crippen molar-refractivity contribution in [2.45, 2.75) is 20.4 Å². The molecule has 3 aromatic heterocycles. The van der Waals surface area contributed by atoms with E-state index in [0.29, 0.717) is 29.3 Å². The highest BCUT2D eigenvalue weighted by molar-refractivity contribution is 6.00. The van der Waals surface area contributed by atoms with Gasteiger partial charge >= 0.3 is 0 Å². The van der Waals surface area contributed by atoms with Crippen LogP contribution in [0.15, 0.2) is 45.6 Å². The molecule has 0 saturated carbocycles. The molecule has 22 heavy (non-hydrogen) atoms. The van der Waals surface area contributed by atoms with Crippen molar-refractivity contribution in [3.05, 3.63) is 59.4 Å². The van der Waals surface area contributed by atoms with Crippen LogP contribution in [0.4, 0.5) is 0 Å². The minimum absolute atomic E-state index is 0.250. The second-order valence-electron chi connectivity index (χ2n) is 4.90. The van der Waals surface area contributed by atoms with Crippen LogP contribution >= 0.6 is 0 Å². The van der Waals surface area contributed by atoms with Crippen molar-refractivity contribution in [2.75, 3.05) is 0 Å². The number of nitrogens with one attached hydrogen (secondary N) is 1. The van der Waals surface area contributed by atoms with E-state index in [1.807, 2.05) is 19.1 Å². The number of hydrogen-bond acceptors (Lipinski definition) is 5. The maximum Gasteiger partial charge on any atom is 0.257 e. The topological polar surface area (TPSA) is 81.2 Å². The maximum atomic E-state index is 12.4. The fourth-order valence-corrected chi connectivity index (χ4v) is 2.17. The number of pyridine rings is 1. The van der Waals surface area contributed by atoms with Crippen LogP contribution in [-0.4, -0.2) is 16.0 Å². The lowest BCUT2D eigenvalue weighted by Gasteiger charge is -2.04. The van der Waals surface area contributed by atoms with Gasteiger partial charge in [-0.05, 0) is 38.1 Å². The summed E-state index contributed by atoms with van der Waals surface area (Å²) in [6.07, 6.45) is 3.28. The van der Waals surface area contributed by atoms with E-state index in [-0.39, 0.29) is 5.91 Å². The van der Waals surface area contributed by atoms with E-state index >= 15 is 0 Å². The highest BCUT2D eigenvalue weighted by Gasteiger charge is 2.21. The third kappa shape index (κ3) is 2.76. The average Bonchev–Trinajstić information content (AvgIpc) is 3.12. The van der Waals surface area contributed by atoms with Gasteiger partial charge in [-0.1, -0.05) is 5.16 Å². The van der Waals surface area contributed by atoms with Gasteiger partial charge in [-0.25, -0.2) is 0 Å². The van der Waals surface area contributed by atoms with Crippen LogP contribution in [0.25, 0.3) is 11.3 Å². The van der Waals surface area contributed by atoms with Gasteiger partial charge < -0.3 is 14.3 Å². The van der Waals surface area contributed by atoms with Crippen LogP contribution in [0.5, 0.6) is 0 Å². The highest BCUT2D eigenvalue weighted by Crippen LogP contribution is 2.25. The average molecular weight is 297 g/mol. The first kappa shape index (κ1) is 14.1. The van der Waals surface area contributed by atoms with Gasteiger partial charge in [-0.3, -0.25) is 9.78 Å². The summed E-state index contributed by atoms with van der Waals surface area (Å²) in [5.41, 5.74) is 1.73. The molecule has 112 valence electrons. The number of carbonyl (C=O) groups is 1. The summed E-state index contributed by atoms with van der Waals surface area (Å²) < 4.78 is 10.7. The van der Waals surface area contributed by atoms with E-state index in [1.165, 1.54) is 0 Å². The molecule has 0 aliphatic heterocycles. The van der Waals surface area contributed by atoms with Gasteiger partial charge in [0.25, 0.3) is 5.91 Å². The second kappa shape index (κ2) is 5.85. The standard InChI is InChI=1S/C16H15N3O3/c1-10-3-4-13(21-10)9-18-16(20)14-11(2)19-22-15(14)12-5-7-17-8-6-12/h3-8H,9H2,1-2H3,(H,18,20). The molecule has 1 amide bonds. The molecule has 0 bridgehead atoms. The fourth-order valence-electron chi connectivity index (χ4n) is 2.17. The molecule has 0 atom stereocenters. The lowest BCUT2D eigenvalue weighted by Crippen LogP contribution is -2.23. The number of hydrogen-bond donors (Lipinski definition) is 1. The van der Waals surface area contributed by atoms with E-state index in [9.17, 15) is 4.79 Å². The van der Waals surface area contributed by atoms with Gasteiger partial charge in [-0.15, -0.1) is 0 Å². The molecule has 0 aromatic carbocycles. The zero-order chi connectivity index (χ0) is 15.5. The van der Waals surface area contributed by atoms with Crippen LogP contribution in [0.2, 0.25) is 0 Å². The molecule has 3 heterocycles. The number of carbonyl (C=O) groups excluding carboxylic acids is 1. The molecule has 6 heteroatoms. The molecule has 3 aromatic rings. The Morgan fingerprint density at radius 1 is 1.18 bits per heavy atom. The Kier molecular flexibility index (Phi) is 3.74. The van der Waals surface area contributed by atoms with Gasteiger partial charge in [0.05, 0.1) is 12.2 Å². The molecule has 0 fully saturated rings. The van der Waals surface area contributed by atoms with Crippen molar-refractivity contribution in [3.8, 4) is 11.3 Å². The van der Waals surface area contributed by atoms with E-state index in [0.717, 1.165) is 11.3 Å². The number of amides is 1. The minimum atomic E-state index is -0.250. The molecule has 6 nitrogen and oxygen atoms in total. The van der Waals surface area contributed by atoms with Gasteiger partial charge in [0.15, 0.2) is 5.76 Å². The molecule has 0 spiro atoms. The van der Waals surface area contributed by atoms with Gasteiger partial charge in [0.1, 0.15) is 17.1 Å². The Morgan fingerprint density at radius 2 is 1.95 bits per heavy atom. The first-order valence-corrected chi connectivity index (χ1v) is 6.85. The third-order valence-corrected chi connectivity index (χ3v) is 3.25. The summed E-state index contributed by atoms with van der Waals surface area (Å²) in [6, 6.07) is 7.23. The molecule has 3 rings (SSSR count). The van der Waals surface area contributed by atoms with Gasteiger partial charge in [0, 0.05) is 18.0 Å². The van der Waals surface area contributed by atoms with E-state index in [1.54, 1.807) is 31.5 Å². The summed E-state index contributed by atoms with van der Waals surface area (Å²) >= 11 is 0. The van der Waals surface area contributed by atoms with Crippen LogP contribution in [0, 0.1) is 13.8 Å². The fraction of sp³-hybridized carbons (Fsp3) is 0.188. The zero-order valence-corrected chi connectivity index (χ0v) is 12.3. The lowest BCUT2D eigenvalue weighted by atomic mass is 10.1. The Hall–Kier alpha value is -2.89. The summed E-state index contributed by atoms with van der Waals surface area (Å²) in [5.74, 6) is 1.70. The molecule has 0 aliphatic rings. The summed E-state index contributed by atoms with van der Waals surface area (Å²) in [6.45, 7) is 3.91. The van der Waals surface area contributed by atoms with E-state index in [4.69, 9.17) is 8.94 Å². The molecule has 1 N–H and O–H groups in total. The predicted molar refractivity (Wildman–Crippen MR) is 79.1 cm³/mol. The summed E-state index contributed by atoms with van der Waals surface area (Å²) in [7, 11) is 0. The lowest BCUT2D eigenvalue weighted by molar-refractivity contribution is 0.0947. The van der Waals surface area contributed by atoms with Gasteiger partial charge in [-0.2, -0.15) is 0 Å². The highest BCUT2D eigenvalue weighted by atomic mass is 16.5. The minimum Gasteiger partial charge on any atom is -0.465 e. The number of furan rings is 1. The molecule has 0 aliphatic carbocycles. The first-order chi connectivity index (χ1) is 10.6. The van der Waals surface area contributed by atoms with Crippen molar-refractivity contribution in [2.24, 2.45) is 0 Å². The maximum absolute atomic E-state index is 12.4. The number of nitrogens with zero attached hydrogens (tertiary/aromatic N) is 2. The number of rotatable bonds is 4. The normalized spacial score (nSPS) is 10.6. The molecule has 0 unspecified atom stereocenters. The SMILES string of the molecule is Cc1ccc(CNC(=O)c2c(C)noc2-c2ccncc2)o1. The van der Waals surface area contributed by atoms with Crippen molar-refractivity contribution in [1.29, 1.82) is 0 Å². The Bertz CT molecular complexity index is 790. The Labute approximate surface area is 127 Å². The molecular weight excluding hydrogens is 282 g/mol. The zero-order valence-electron chi connectivity index (χ0n) is 12.3. The summed E-state index contributed by atoms with van der Waals surface area (Å²) in [4.78, 5) is 16.4. The quantitative estimate of drug-likeness (QED) is 0.800. The molecule has 0 saturated heterocycles. The van der Waals surface area contributed by atoms with Crippen LogP contribution in [0.1, 0.15) is 27.6 Å². The summed E-state index contributed by atoms with van der Waals surface area (Å²) in [5, 5.41) is 6.71. The second-order valence-corrected chi connectivity index (χ2v) is 4.90. The van der Waals surface area contributed by atoms with Crippen LogP contribution in [-0.2, 0) is 6.54 Å². The van der Waals surface area contributed by atoms with E-state index in [2.05, 4.69) is 15.5 Å². The third-order valence-electron chi connectivity index (χ3n) is 3.25. The first-order valence-electron chi connectivity index (χ1n) is 6.85. The largest absolute Gasteiger partial charge is 0.465 e. The van der Waals surface area contributed by atoms with Gasteiger partial charge in [0.2, 0.25) is 0 Å².